The molecule has 20 heavy (non-hydrogen) atoms. The van der Waals surface area contributed by atoms with Crippen molar-refractivity contribution in [3.8, 4) is 0 Å². The molecule has 0 aliphatic carbocycles. The van der Waals surface area contributed by atoms with Gasteiger partial charge in [-0.05, 0) is 22.9 Å². The average molecular weight is 270 g/mol. The van der Waals surface area contributed by atoms with Crippen LogP contribution in [0.15, 0.2) is 35.3 Å². The highest BCUT2D eigenvalue weighted by atomic mass is 16.1. The largest absolute Gasteiger partial charge is 0.275 e. The average Bonchev–Trinajstić information content (AvgIpc) is 2.90. The van der Waals surface area contributed by atoms with Gasteiger partial charge in [0.2, 0.25) is 0 Å². The van der Waals surface area contributed by atoms with Crippen molar-refractivity contribution in [1.29, 1.82) is 0 Å². The lowest BCUT2D eigenvalue weighted by molar-refractivity contribution is 0.524. The molecule has 0 radical (unpaired) electrons. The maximum absolute atomic E-state index is 12.3. The first-order valence-corrected chi connectivity index (χ1v) is 6.49. The van der Waals surface area contributed by atoms with E-state index in [0.717, 1.165) is 18.4 Å². The molecule has 0 N–H and O–H groups in total. The van der Waals surface area contributed by atoms with Gasteiger partial charge in [0, 0.05) is 11.9 Å². The molecule has 0 saturated heterocycles. The third-order valence-electron chi connectivity index (χ3n) is 3.09. The molecule has 0 amide bonds. The molecule has 102 valence electrons. The quantitative estimate of drug-likeness (QED) is 0.702. The fraction of sp³-hybridized carbons (Fsp3) is 0.308. The van der Waals surface area contributed by atoms with Crippen LogP contribution in [0.4, 0.5) is 0 Å². The van der Waals surface area contributed by atoms with Gasteiger partial charge in [-0.15, -0.1) is 5.10 Å². The predicted octanol–water partition coefficient (Wildman–Crippen LogP) is 0.841. The van der Waals surface area contributed by atoms with Crippen LogP contribution in [0.1, 0.15) is 19.2 Å². The molecule has 3 rings (SSSR count). The molecule has 0 bridgehead atoms. The van der Waals surface area contributed by atoms with E-state index in [2.05, 4.69) is 20.6 Å². The van der Waals surface area contributed by atoms with E-state index in [-0.39, 0.29) is 12.1 Å². The minimum atomic E-state index is -0.130. The number of fused-ring (bicyclic) bond motifs is 1. The van der Waals surface area contributed by atoms with E-state index < -0.39 is 0 Å². The van der Waals surface area contributed by atoms with Crippen LogP contribution < -0.4 is 5.56 Å². The van der Waals surface area contributed by atoms with Gasteiger partial charge in [0.25, 0.3) is 5.56 Å². The Kier molecular flexibility index (Phi) is 3.24. The van der Waals surface area contributed by atoms with E-state index in [4.69, 9.17) is 0 Å². The molecule has 0 atom stereocenters. The van der Waals surface area contributed by atoms with Gasteiger partial charge in [-0.3, -0.25) is 4.79 Å². The topological polar surface area (TPSA) is 78.5 Å². The minimum Gasteiger partial charge on any atom is -0.267 e. The van der Waals surface area contributed by atoms with Crippen molar-refractivity contribution < 1.29 is 0 Å². The van der Waals surface area contributed by atoms with Crippen LogP contribution >= 0.6 is 0 Å². The van der Waals surface area contributed by atoms with Crippen LogP contribution in [0, 0.1) is 0 Å². The Morgan fingerprint density at radius 1 is 1.20 bits per heavy atom. The first-order chi connectivity index (χ1) is 9.79. The SMILES string of the molecule is CCCn1nnnc1Cn1ncc2ccccc2c1=O. The monoisotopic (exact) mass is 270 g/mol. The summed E-state index contributed by atoms with van der Waals surface area (Å²) in [7, 11) is 0. The third-order valence-corrected chi connectivity index (χ3v) is 3.09. The zero-order chi connectivity index (χ0) is 13.9. The Labute approximate surface area is 114 Å². The number of benzene rings is 1. The number of aromatic nitrogens is 6. The van der Waals surface area contributed by atoms with E-state index in [9.17, 15) is 4.79 Å². The Morgan fingerprint density at radius 3 is 2.90 bits per heavy atom. The van der Waals surface area contributed by atoms with Crippen LogP contribution in [-0.4, -0.2) is 30.0 Å². The highest BCUT2D eigenvalue weighted by molar-refractivity contribution is 5.80. The number of hydrogen-bond donors (Lipinski definition) is 0. The third kappa shape index (κ3) is 2.18. The Morgan fingerprint density at radius 2 is 2.05 bits per heavy atom. The molecule has 7 nitrogen and oxygen atoms in total. The molecule has 0 aliphatic heterocycles. The molecule has 0 saturated carbocycles. The summed E-state index contributed by atoms with van der Waals surface area (Å²) in [5, 5.41) is 17.2. The van der Waals surface area contributed by atoms with Gasteiger partial charge in [-0.1, -0.05) is 25.1 Å². The number of aryl methyl sites for hydroxylation is 1. The summed E-state index contributed by atoms with van der Waals surface area (Å²) in [6, 6.07) is 7.39. The van der Waals surface area contributed by atoms with Gasteiger partial charge in [0.15, 0.2) is 5.82 Å². The van der Waals surface area contributed by atoms with Crippen molar-refractivity contribution in [3.63, 3.8) is 0 Å². The van der Waals surface area contributed by atoms with Gasteiger partial charge in [0.05, 0.1) is 11.6 Å². The van der Waals surface area contributed by atoms with Crippen LogP contribution in [-0.2, 0) is 13.1 Å². The van der Waals surface area contributed by atoms with Crippen molar-refractivity contribution in [2.24, 2.45) is 0 Å². The second-order valence-electron chi connectivity index (χ2n) is 4.51. The van der Waals surface area contributed by atoms with E-state index in [1.54, 1.807) is 16.9 Å². The van der Waals surface area contributed by atoms with E-state index in [1.807, 2.05) is 25.1 Å². The molecular formula is C13H14N6O. The van der Waals surface area contributed by atoms with E-state index in [0.29, 0.717) is 11.2 Å². The molecule has 1 aromatic carbocycles. The van der Waals surface area contributed by atoms with Crippen molar-refractivity contribution in [2.75, 3.05) is 0 Å². The minimum absolute atomic E-state index is 0.130. The van der Waals surface area contributed by atoms with Gasteiger partial charge in [0.1, 0.15) is 6.54 Å². The first kappa shape index (κ1) is 12.5. The normalized spacial score (nSPS) is 11.1. The molecule has 0 spiro atoms. The summed E-state index contributed by atoms with van der Waals surface area (Å²) in [6.07, 6.45) is 2.61. The summed E-state index contributed by atoms with van der Waals surface area (Å²) in [5.41, 5.74) is -0.130. The molecule has 0 aliphatic rings. The molecule has 3 aromatic rings. The number of nitrogens with zero attached hydrogens (tertiary/aromatic N) is 6. The molecular weight excluding hydrogens is 256 g/mol. The maximum atomic E-state index is 12.3. The Balaban J connectivity index is 2.01. The summed E-state index contributed by atoms with van der Waals surface area (Å²) in [4.78, 5) is 12.3. The second-order valence-corrected chi connectivity index (χ2v) is 4.51. The zero-order valence-corrected chi connectivity index (χ0v) is 11.1. The van der Waals surface area contributed by atoms with Crippen molar-refractivity contribution in [3.05, 3.63) is 46.6 Å². The van der Waals surface area contributed by atoms with Gasteiger partial charge < -0.3 is 0 Å². The van der Waals surface area contributed by atoms with Crippen LogP contribution in [0.5, 0.6) is 0 Å². The van der Waals surface area contributed by atoms with Crippen molar-refractivity contribution >= 4 is 10.8 Å². The van der Waals surface area contributed by atoms with Gasteiger partial charge in [-0.25, -0.2) is 9.36 Å². The molecule has 0 unspecified atom stereocenters. The van der Waals surface area contributed by atoms with Crippen molar-refractivity contribution in [1.82, 2.24) is 30.0 Å². The summed E-state index contributed by atoms with van der Waals surface area (Å²) in [6.45, 7) is 3.05. The first-order valence-electron chi connectivity index (χ1n) is 6.49. The van der Waals surface area contributed by atoms with Crippen LogP contribution in [0.25, 0.3) is 10.8 Å². The maximum Gasteiger partial charge on any atom is 0.275 e. The van der Waals surface area contributed by atoms with Crippen molar-refractivity contribution in [2.45, 2.75) is 26.4 Å². The van der Waals surface area contributed by atoms with Gasteiger partial charge >= 0.3 is 0 Å². The van der Waals surface area contributed by atoms with Crippen LogP contribution in [0.2, 0.25) is 0 Å². The zero-order valence-electron chi connectivity index (χ0n) is 11.1. The Bertz CT molecular complexity index is 791. The molecule has 7 heteroatoms. The Hall–Kier alpha value is -2.57. The molecule has 2 heterocycles. The fourth-order valence-electron chi connectivity index (χ4n) is 2.10. The standard InChI is InChI=1S/C13H14N6O/c1-2-7-18-12(15-16-17-18)9-19-13(20)11-6-4-3-5-10(11)8-14-19/h3-6,8H,2,7,9H2,1H3. The predicted molar refractivity (Wildman–Crippen MR) is 73.2 cm³/mol. The van der Waals surface area contributed by atoms with Crippen LogP contribution in [0.3, 0.4) is 0 Å². The number of rotatable bonds is 4. The molecule has 0 fully saturated rings. The lowest BCUT2D eigenvalue weighted by atomic mass is 10.2. The van der Waals surface area contributed by atoms with E-state index in [1.165, 1.54) is 4.68 Å². The second kappa shape index (κ2) is 5.20. The summed E-state index contributed by atoms with van der Waals surface area (Å²) >= 11 is 0. The molecule has 2 aromatic heterocycles. The van der Waals surface area contributed by atoms with E-state index >= 15 is 0 Å². The summed E-state index contributed by atoms with van der Waals surface area (Å²) < 4.78 is 3.09. The van der Waals surface area contributed by atoms with Gasteiger partial charge in [-0.2, -0.15) is 5.10 Å². The summed E-state index contributed by atoms with van der Waals surface area (Å²) in [5.74, 6) is 0.636. The number of hydrogen-bond acceptors (Lipinski definition) is 5. The highest BCUT2D eigenvalue weighted by Crippen LogP contribution is 2.07. The lowest BCUT2D eigenvalue weighted by Gasteiger charge is -2.06. The highest BCUT2D eigenvalue weighted by Gasteiger charge is 2.09. The number of tetrazole rings is 1. The fourth-order valence-corrected chi connectivity index (χ4v) is 2.10. The lowest BCUT2D eigenvalue weighted by Crippen LogP contribution is -2.25. The smallest absolute Gasteiger partial charge is 0.267 e.